The van der Waals surface area contributed by atoms with Gasteiger partial charge in [0.1, 0.15) is 9.84 Å². The van der Waals surface area contributed by atoms with Crippen LogP contribution >= 0.6 is 0 Å². The zero-order valence-electron chi connectivity index (χ0n) is 11.0. The summed E-state index contributed by atoms with van der Waals surface area (Å²) in [5, 5.41) is 2.98. The van der Waals surface area contributed by atoms with Gasteiger partial charge in [-0.3, -0.25) is 0 Å². The number of para-hydroxylation sites is 1. The molecule has 0 amide bonds. The van der Waals surface area contributed by atoms with Gasteiger partial charge in [-0.05, 0) is 18.6 Å². The number of anilines is 2. The van der Waals surface area contributed by atoms with Crippen LogP contribution in [0.1, 0.15) is 16.8 Å². The number of hydrogen-bond acceptors (Lipinski definition) is 6. The summed E-state index contributed by atoms with van der Waals surface area (Å²) in [6.45, 7) is 0.408. The summed E-state index contributed by atoms with van der Waals surface area (Å²) >= 11 is 0. The number of sulfone groups is 1. The molecule has 0 bridgehead atoms. The Hall–Kier alpha value is -1.76. The molecule has 0 aromatic heterocycles. The van der Waals surface area contributed by atoms with Crippen LogP contribution < -0.4 is 11.1 Å². The summed E-state index contributed by atoms with van der Waals surface area (Å²) in [5.41, 5.74) is 7.02. The average Bonchev–Trinajstić information content (AvgIpc) is 2.33. The van der Waals surface area contributed by atoms with Crippen molar-refractivity contribution in [3.05, 3.63) is 23.8 Å². The molecule has 0 saturated heterocycles. The van der Waals surface area contributed by atoms with Crippen molar-refractivity contribution in [2.75, 3.05) is 36.7 Å². The van der Waals surface area contributed by atoms with Crippen molar-refractivity contribution in [3.8, 4) is 0 Å². The van der Waals surface area contributed by atoms with Crippen molar-refractivity contribution >= 4 is 27.2 Å². The Balaban J connectivity index is 2.74. The number of esters is 1. The highest BCUT2D eigenvalue weighted by molar-refractivity contribution is 7.90. The first-order valence-electron chi connectivity index (χ1n) is 5.73. The number of methoxy groups -OCH3 is 1. The second kappa shape index (κ2) is 6.42. The lowest BCUT2D eigenvalue weighted by atomic mass is 10.1. The van der Waals surface area contributed by atoms with Crippen LogP contribution in [0.25, 0.3) is 0 Å². The predicted molar refractivity (Wildman–Crippen MR) is 75.0 cm³/mol. The van der Waals surface area contributed by atoms with E-state index in [9.17, 15) is 13.2 Å². The fourth-order valence-corrected chi connectivity index (χ4v) is 2.26. The van der Waals surface area contributed by atoms with Gasteiger partial charge in [0.05, 0.1) is 29.8 Å². The highest BCUT2D eigenvalue weighted by atomic mass is 32.2. The molecule has 1 aromatic rings. The topological polar surface area (TPSA) is 98.5 Å². The largest absolute Gasteiger partial charge is 0.465 e. The molecule has 0 aliphatic carbocycles. The molecule has 0 radical (unpaired) electrons. The van der Waals surface area contributed by atoms with E-state index in [1.807, 2.05) is 0 Å². The molecule has 6 nitrogen and oxygen atoms in total. The first-order valence-corrected chi connectivity index (χ1v) is 7.79. The Labute approximate surface area is 112 Å². The van der Waals surface area contributed by atoms with E-state index in [2.05, 4.69) is 10.1 Å². The van der Waals surface area contributed by atoms with Crippen LogP contribution in [0.2, 0.25) is 0 Å². The highest BCUT2D eigenvalue weighted by Gasteiger charge is 2.13. The van der Waals surface area contributed by atoms with Gasteiger partial charge < -0.3 is 15.8 Å². The Kier molecular flexibility index (Phi) is 5.17. The zero-order chi connectivity index (χ0) is 14.5. The molecule has 0 aliphatic rings. The standard InChI is InChI=1S/C12H18N2O4S/c1-18-12(15)9-5-3-6-10(13)11(9)14-7-4-8-19(2,16)17/h3,5-6,14H,4,7-8,13H2,1-2H3. The molecular weight excluding hydrogens is 268 g/mol. The number of ether oxygens (including phenoxy) is 1. The number of nitrogens with two attached hydrogens (primary N) is 1. The monoisotopic (exact) mass is 286 g/mol. The van der Waals surface area contributed by atoms with E-state index in [-0.39, 0.29) is 5.75 Å². The quantitative estimate of drug-likeness (QED) is 0.458. The van der Waals surface area contributed by atoms with Crippen molar-refractivity contribution in [1.29, 1.82) is 0 Å². The van der Waals surface area contributed by atoms with Crippen molar-refractivity contribution in [2.24, 2.45) is 0 Å². The molecule has 0 saturated carbocycles. The molecule has 0 heterocycles. The Morgan fingerprint density at radius 2 is 2.11 bits per heavy atom. The molecule has 1 rings (SSSR count). The van der Waals surface area contributed by atoms with Crippen LogP contribution in [-0.4, -0.2) is 40.1 Å². The van der Waals surface area contributed by atoms with E-state index >= 15 is 0 Å². The van der Waals surface area contributed by atoms with Crippen LogP contribution in [0.4, 0.5) is 11.4 Å². The molecule has 1 aromatic carbocycles. The van der Waals surface area contributed by atoms with E-state index in [1.54, 1.807) is 18.2 Å². The minimum absolute atomic E-state index is 0.0836. The zero-order valence-corrected chi connectivity index (χ0v) is 11.8. The van der Waals surface area contributed by atoms with Gasteiger partial charge in [-0.25, -0.2) is 13.2 Å². The van der Waals surface area contributed by atoms with E-state index in [4.69, 9.17) is 5.73 Å². The molecule has 0 fully saturated rings. The minimum atomic E-state index is -2.98. The van der Waals surface area contributed by atoms with Crippen LogP contribution in [0.3, 0.4) is 0 Å². The Morgan fingerprint density at radius 1 is 1.42 bits per heavy atom. The van der Waals surface area contributed by atoms with E-state index in [1.165, 1.54) is 13.4 Å². The molecule has 7 heteroatoms. The van der Waals surface area contributed by atoms with Crippen LogP contribution in [0.5, 0.6) is 0 Å². The maximum absolute atomic E-state index is 11.6. The SMILES string of the molecule is COC(=O)c1cccc(N)c1NCCCS(C)(=O)=O. The van der Waals surface area contributed by atoms with E-state index in [0.29, 0.717) is 29.9 Å². The van der Waals surface area contributed by atoms with Gasteiger partial charge in [-0.15, -0.1) is 0 Å². The Bertz CT molecular complexity index is 555. The molecule has 106 valence electrons. The molecule has 0 spiro atoms. The number of benzene rings is 1. The van der Waals surface area contributed by atoms with Gasteiger partial charge in [0.2, 0.25) is 0 Å². The number of nitrogen functional groups attached to an aromatic ring is 1. The Morgan fingerprint density at radius 3 is 2.68 bits per heavy atom. The van der Waals surface area contributed by atoms with E-state index in [0.717, 1.165) is 0 Å². The number of nitrogens with one attached hydrogen (secondary N) is 1. The summed E-state index contributed by atoms with van der Waals surface area (Å²) < 4.78 is 26.7. The normalized spacial score (nSPS) is 11.1. The summed E-state index contributed by atoms with van der Waals surface area (Å²) in [6, 6.07) is 4.91. The van der Waals surface area contributed by atoms with E-state index < -0.39 is 15.8 Å². The number of carbonyl (C=O) groups excluding carboxylic acids is 1. The van der Waals surface area contributed by atoms with Crippen molar-refractivity contribution < 1.29 is 17.9 Å². The lowest BCUT2D eigenvalue weighted by molar-refractivity contribution is 0.0602. The van der Waals surface area contributed by atoms with Gasteiger partial charge in [0.25, 0.3) is 0 Å². The average molecular weight is 286 g/mol. The van der Waals surface area contributed by atoms with Crippen molar-refractivity contribution in [3.63, 3.8) is 0 Å². The lowest BCUT2D eigenvalue weighted by Crippen LogP contribution is -2.14. The molecule has 0 atom stereocenters. The second-order valence-electron chi connectivity index (χ2n) is 4.17. The third kappa shape index (κ3) is 4.78. The van der Waals surface area contributed by atoms with Gasteiger partial charge in [0, 0.05) is 12.8 Å². The van der Waals surface area contributed by atoms with Crippen LogP contribution in [-0.2, 0) is 14.6 Å². The number of hydrogen-bond donors (Lipinski definition) is 2. The van der Waals surface area contributed by atoms with Gasteiger partial charge in [0.15, 0.2) is 0 Å². The fraction of sp³-hybridized carbons (Fsp3) is 0.417. The first-order chi connectivity index (χ1) is 8.85. The number of carbonyl (C=O) groups is 1. The number of rotatable bonds is 6. The molecule has 0 unspecified atom stereocenters. The third-order valence-electron chi connectivity index (χ3n) is 2.50. The summed E-state index contributed by atoms with van der Waals surface area (Å²) in [4.78, 5) is 11.6. The molecule has 3 N–H and O–H groups in total. The summed E-state index contributed by atoms with van der Waals surface area (Å²) in [6.07, 6.45) is 1.62. The molecule has 19 heavy (non-hydrogen) atoms. The van der Waals surface area contributed by atoms with Crippen LogP contribution in [0, 0.1) is 0 Å². The lowest BCUT2D eigenvalue weighted by Gasteiger charge is -2.13. The second-order valence-corrected chi connectivity index (χ2v) is 6.43. The first kappa shape index (κ1) is 15.3. The third-order valence-corrected chi connectivity index (χ3v) is 3.53. The fourth-order valence-electron chi connectivity index (χ4n) is 1.60. The van der Waals surface area contributed by atoms with Gasteiger partial charge in [-0.1, -0.05) is 6.07 Å². The van der Waals surface area contributed by atoms with Crippen LogP contribution in [0.15, 0.2) is 18.2 Å². The van der Waals surface area contributed by atoms with Gasteiger partial charge >= 0.3 is 5.97 Å². The predicted octanol–water partition coefficient (Wildman–Crippen LogP) is 0.902. The maximum Gasteiger partial charge on any atom is 0.340 e. The van der Waals surface area contributed by atoms with Crippen molar-refractivity contribution in [1.82, 2.24) is 0 Å². The summed E-state index contributed by atoms with van der Waals surface area (Å²) in [7, 11) is -1.69. The minimum Gasteiger partial charge on any atom is -0.465 e. The smallest absolute Gasteiger partial charge is 0.340 e. The maximum atomic E-state index is 11.6. The molecular formula is C12H18N2O4S. The van der Waals surface area contributed by atoms with Gasteiger partial charge in [-0.2, -0.15) is 0 Å². The van der Waals surface area contributed by atoms with Crippen molar-refractivity contribution in [2.45, 2.75) is 6.42 Å². The molecule has 0 aliphatic heterocycles. The highest BCUT2D eigenvalue weighted by Crippen LogP contribution is 2.24. The summed E-state index contributed by atoms with van der Waals surface area (Å²) in [5.74, 6) is -0.404.